The zero-order valence-electron chi connectivity index (χ0n) is 9.46. The molecule has 17 heavy (non-hydrogen) atoms. The van der Waals surface area contributed by atoms with Crippen LogP contribution in [0.4, 0.5) is 13.2 Å². The zero-order valence-corrected chi connectivity index (χ0v) is 9.46. The van der Waals surface area contributed by atoms with E-state index in [4.69, 9.17) is 0 Å². The Labute approximate surface area is 97.6 Å². The minimum atomic E-state index is -4.60. The quantitative estimate of drug-likeness (QED) is 0.770. The number of aliphatic hydroxyl groups is 1. The lowest BCUT2D eigenvalue weighted by molar-refractivity contribution is -0.272. The number of piperidine rings is 1. The van der Waals surface area contributed by atoms with E-state index in [2.05, 4.69) is 0 Å². The molecule has 1 amide bonds. The van der Waals surface area contributed by atoms with Crippen LogP contribution in [0, 0.1) is 5.92 Å². The molecular formula is C11H16F3NO2. The maximum Gasteiger partial charge on any atom is 0.417 e. The van der Waals surface area contributed by atoms with Gasteiger partial charge in [-0.05, 0) is 12.8 Å². The summed E-state index contributed by atoms with van der Waals surface area (Å²) >= 11 is 0. The monoisotopic (exact) mass is 251 g/mol. The zero-order chi connectivity index (χ0) is 12.7. The van der Waals surface area contributed by atoms with Gasteiger partial charge in [-0.15, -0.1) is 0 Å². The van der Waals surface area contributed by atoms with Crippen molar-refractivity contribution in [2.75, 3.05) is 13.1 Å². The van der Waals surface area contributed by atoms with E-state index in [1.165, 1.54) is 4.90 Å². The fourth-order valence-corrected chi connectivity index (χ4v) is 2.29. The van der Waals surface area contributed by atoms with Crippen LogP contribution in [-0.4, -0.2) is 40.8 Å². The number of halogens is 3. The number of hydrogen-bond acceptors (Lipinski definition) is 2. The average Bonchev–Trinajstić information content (AvgIpc) is 2.14. The molecule has 2 aliphatic rings. The van der Waals surface area contributed by atoms with Gasteiger partial charge in [0.05, 0.1) is 0 Å². The van der Waals surface area contributed by atoms with Gasteiger partial charge in [0.1, 0.15) is 0 Å². The number of hydrogen-bond donors (Lipinski definition) is 1. The van der Waals surface area contributed by atoms with Crippen molar-refractivity contribution in [3.8, 4) is 0 Å². The Kier molecular flexibility index (Phi) is 3.10. The first kappa shape index (κ1) is 12.7. The van der Waals surface area contributed by atoms with Crippen molar-refractivity contribution >= 4 is 5.91 Å². The first-order valence-electron chi connectivity index (χ1n) is 5.91. The number of nitrogens with zero attached hydrogens (tertiary/aromatic N) is 1. The molecule has 0 radical (unpaired) electrons. The van der Waals surface area contributed by atoms with Gasteiger partial charge in [0.15, 0.2) is 5.60 Å². The minimum absolute atomic E-state index is 0.00530. The third-order valence-electron chi connectivity index (χ3n) is 3.88. The number of carbonyl (C=O) groups excluding carboxylic acids is 1. The van der Waals surface area contributed by atoms with Crippen LogP contribution in [0.15, 0.2) is 0 Å². The second-order valence-corrected chi connectivity index (χ2v) is 4.98. The van der Waals surface area contributed by atoms with Crippen LogP contribution < -0.4 is 0 Å². The van der Waals surface area contributed by atoms with E-state index in [0.29, 0.717) is 0 Å². The van der Waals surface area contributed by atoms with Crippen LogP contribution in [0.5, 0.6) is 0 Å². The third kappa shape index (κ3) is 2.27. The van der Waals surface area contributed by atoms with Gasteiger partial charge in [0.25, 0.3) is 0 Å². The first-order chi connectivity index (χ1) is 7.83. The molecule has 2 fully saturated rings. The largest absolute Gasteiger partial charge is 0.417 e. The fourth-order valence-electron chi connectivity index (χ4n) is 2.29. The molecule has 0 aromatic carbocycles. The lowest BCUT2D eigenvalue weighted by atomic mass is 9.83. The van der Waals surface area contributed by atoms with Crippen molar-refractivity contribution in [1.82, 2.24) is 4.90 Å². The van der Waals surface area contributed by atoms with Gasteiger partial charge in [0, 0.05) is 31.8 Å². The molecule has 0 aromatic heterocycles. The molecule has 1 heterocycles. The van der Waals surface area contributed by atoms with E-state index in [0.717, 1.165) is 19.3 Å². The van der Waals surface area contributed by atoms with Gasteiger partial charge < -0.3 is 10.0 Å². The molecular weight excluding hydrogens is 235 g/mol. The molecule has 0 spiro atoms. The van der Waals surface area contributed by atoms with Gasteiger partial charge >= 0.3 is 6.18 Å². The molecule has 2 rings (SSSR count). The Balaban J connectivity index is 1.91. The summed E-state index contributed by atoms with van der Waals surface area (Å²) in [4.78, 5) is 13.3. The summed E-state index contributed by atoms with van der Waals surface area (Å²) < 4.78 is 37.6. The van der Waals surface area contributed by atoms with Gasteiger partial charge in [-0.1, -0.05) is 6.42 Å². The normalized spacial score (nSPS) is 25.5. The van der Waals surface area contributed by atoms with E-state index >= 15 is 0 Å². The van der Waals surface area contributed by atoms with E-state index in [1.54, 1.807) is 0 Å². The number of alkyl halides is 3. The highest BCUT2D eigenvalue weighted by atomic mass is 19.4. The van der Waals surface area contributed by atoms with Gasteiger partial charge in [-0.25, -0.2) is 0 Å². The standard InChI is InChI=1S/C11H16F3NO2/c12-11(13,14)10(17)4-6-15(7-5-10)9(16)8-2-1-3-8/h8,17H,1-7H2. The number of amides is 1. The summed E-state index contributed by atoms with van der Waals surface area (Å²) in [5.41, 5.74) is -2.61. The lowest BCUT2D eigenvalue weighted by Gasteiger charge is -2.41. The number of rotatable bonds is 1. The van der Waals surface area contributed by atoms with Crippen LogP contribution in [0.1, 0.15) is 32.1 Å². The molecule has 1 aliphatic heterocycles. The summed E-state index contributed by atoms with van der Waals surface area (Å²) in [7, 11) is 0. The third-order valence-corrected chi connectivity index (χ3v) is 3.88. The maximum atomic E-state index is 12.5. The van der Waals surface area contributed by atoms with Crippen molar-refractivity contribution in [2.45, 2.75) is 43.9 Å². The van der Waals surface area contributed by atoms with E-state index < -0.39 is 24.6 Å². The fraction of sp³-hybridized carbons (Fsp3) is 0.909. The summed E-state index contributed by atoms with van der Waals surface area (Å²) in [6.07, 6.45) is -2.70. The molecule has 0 atom stereocenters. The highest BCUT2D eigenvalue weighted by Gasteiger charge is 2.55. The highest BCUT2D eigenvalue weighted by Crippen LogP contribution is 2.39. The van der Waals surface area contributed by atoms with Crippen LogP contribution in [0.2, 0.25) is 0 Å². The Hall–Kier alpha value is -0.780. The average molecular weight is 251 g/mol. The first-order valence-corrected chi connectivity index (χ1v) is 5.91. The summed E-state index contributed by atoms with van der Waals surface area (Å²) in [5.74, 6) is -0.0347. The van der Waals surface area contributed by atoms with Crippen LogP contribution in [-0.2, 0) is 4.79 Å². The van der Waals surface area contributed by atoms with Crippen molar-refractivity contribution in [2.24, 2.45) is 5.92 Å². The van der Waals surface area contributed by atoms with E-state index in [-0.39, 0.29) is 24.9 Å². The molecule has 6 heteroatoms. The Bertz CT molecular complexity index is 304. The predicted molar refractivity (Wildman–Crippen MR) is 54.2 cm³/mol. The van der Waals surface area contributed by atoms with Crippen LogP contribution in [0.25, 0.3) is 0 Å². The molecule has 0 bridgehead atoms. The minimum Gasteiger partial charge on any atom is -0.380 e. The van der Waals surface area contributed by atoms with E-state index in [9.17, 15) is 23.1 Å². The molecule has 1 aliphatic carbocycles. The Morgan fingerprint density at radius 1 is 1.24 bits per heavy atom. The van der Waals surface area contributed by atoms with Crippen molar-refractivity contribution in [3.05, 3.63) is 0 Å². The molecule has 0 aromatic rings. The van der Waals surface area contributed by atoms with Gasteiger partial charge in [0.2, 0.25) is 5.91 Å². The highest BCUT2D eigenvalue weighted by molar-refractivity contribution is 5.79. The van der Waals surface area contributed by atoms with Crippen molar-refractivity contribution in [3.63, 3.8) is 0 Å². The number of carbonyl (C=O) groups is 1. The molecule has 98 valence electrons. The molecule has 1 saturated heterocycles. The summed E-state index contributed by atoms with van der Waals surface area (Å²) in [6, 6.07) is 0. The SMILES string of the molecule is O=C(C1CCC1)N1CCC(O)(C(F)(F)F)CC1. The van der Waals surface area contributed by atoms with E-state index in [1.807, 2.05) is 0 Å². The van der Waals surface area contributed by atoms with Crippen molar-refractivity contribution < 1.29 is 23.1 Å². The second kappa shape index (κ2) is 4.15. The Morgan fingerprint density at radius 2 is 1.76 bits per heavy atom. The van der Waals surface area contributed by atoms with Crippen molar-refractivity contribution in [1.29, 1.82) is 0 Å². The second-order valence-electron chi connectivity index (χ2n) is 4.98. The molecule has 0 unspecified atom stereocenters. The Morgan fingerprint density at radius 3 is 2.12 bits per heavy atom. The van der Waals surface area contributed by atoms with Gasteiger partial charge in [-0.2, -0.15) is 13.2 Å². The maximum absolute atomic E-state index is 12.5. The topological polar surface area (TPSA) is 40.5 Å². The molecule has 3 nitrogen and oxygen atoms in total. The summed E-state index contributed by atoms with van der Waals surface area (Å²) in [5, 5.41) is 9.45. The van der Waals surface area contributed by atoms with Crippen LogP contribution >= 0.6 is 0 Å². The summed E-state index contributed by atoms with van der Waals surface area (Å²) in [6.45, 7) is 0.0106. The van der Waals surface area contributed by atoms with Gasteiger partial charge in [-0.3, -0.25) is 4.79 Å². The van der Waals surface area contributed by atoms with Crippen LogP contribution in [0.3, 0.4) is 0 Å². The molecule has 1 saturated carbocycles. The molecule has 1 N–H and O–H groups in total. The lowest BCUT2D eigenvalue weighted by Crippen LogP contribution is -2.55. The smallest absolute Gasteiger partial charge is 0.380 e. The number of likely N-dealkylation sites (tertiary alicyclic amines) is 1. The predicted octanol–water partition coefficient (Wildman–Crippen LogP) is 1.70.